The van der Waals surface area contributed by atoms with Crippen LogP contribution in [0.15, 0.2) is 29.2 Å². The van der Waals surface area contributed by atoms with Gasteiger partial charge in [0.05, 0.1) is 10.8 Å². The highest BCUT2D eigenvalue weighted by molar-refractivity contribution is 7.89. The van der Waals surface area contributed by atoms with Crippen LogP contribution in [0.5, 0.6) is 0 Å². The molecule has 1 aromatic carbocycles. The number of benzene rings is 1. The van der Waals surface area contributed by atoms with Crippen molar-refractivity contribution in [2.75, 3.05) is 13.1 Å². The van der Waals surface area contributed by atoms with Gasteiger partial charge in [-0.3, -0.25) is 9.59 Å². The predicted molar refractivity (Wildman–Crippen MR) is 83.1 cm³/mol. The summed E-state index contributed by atoms with van der Waals surface area (Å²) in [6.45, 7) is 2.19. The number of nitrogens with one attached hydrogen (secondary N) is 1. The number of sulfonamides is 1. The number of amides is 1. The van der Waals surface area contributed by atoms with Gasteiger partial charge in [0.25, 0.3) is 0 Å². The largest absolute Gasteiger partial charge is 0.481 e. The lowest BCUT2D eigenvalue weighted by Crippen LogP contribution is -2.40. The van der Waals surface area contributed by atoms with E-state index in [1.54, 1.807) is 12.1 Å². The molecule has 0 radical (unpaired) electrons. The number of piperidine rings is 1. The molecule has 23 heavy (non-hydrogen) atoms. The highest BCUT2D eigenvalue weighted by Gasteiger charge is 2.31. The van der Waals surface area contributed by atoms with Gasteiger partial charge in [-0.2, -0.15) is 4.31 Å². The van der Waals surface area contributed by atoms with Gasteiger partial charge >= 0.3 is 5.97 Å². The number of aliphatic carboxylic acids is 1. The Kier molecular flexibility index (Phi) is 5.38. The Morgan fingerprint density at radius 2 is 1.78 bits per heavy atom. The van der Waals surface area contributed by atoms with Crippen LogP contribution in [0, 0.1) is 5.92 Å². The van der Waals surface area contributed by atoms with Crippen molar-refractivity contribution in [3.05, 3.63) is 29.8 Å². The molecular weight excluding hydrogens is 320 g/mol. The van der Waals surface area contributed by atoms with Crippen molar-refractivity contribution < 1.29 is 23.1 Å². The average molecular weight is 340 g/mol. The Labute approximate surface area is 135 Å². The van der Waals surface area contributed by atoms with Gasteiger partial charge < -0.3 is 10.4 Å². The molecule has 1 aliphatic heterocycles. The SMILES string of the molecule is CC(=O)NCc1ccc(S(=O)(=O)N2CCC(C(=O)O)CC2)cc1. The lowest BCUT2D eigenvalue weighted by molar-refractivity contribution is -0.143. The van der Waals surface area contributed by atoms with Crippen LogP contribution in [0.25, 0.3) is 0 Å². The van der Waals surface area contributed by atoms with E-state index in [2.05, 4.69) is 5.32 Å². The molecule has 2 N–H and O–H groups in total. The van der Waals surface area contributed by atoms with Gasteiger partial charge in [-0.1, -0.05) is 12.1 Å². The molecule has 7 nitrogen and oxygen atoms in total. The van der Waals surface area contributed by atoms with E-state index in [1.807, 2.05) is 0 Å². The molecule has 1 heterocycles. The minimum atomic E-state index is -3.61. The first-order valence-electron chi connectivity index (χ1n) is 7.37. The molecule has 0 aliphatic carbocycles. The molecule has 8 heteroatoms. The number of carboxylic acids is 1. The van der Waals surface area contributed by atoms with E-state index >= 15 is 0 Å². The van der Waals surface area contributed by atoms with Crippen LogP contribution in [0.4, 0.5) is 0 Å². The maximum atomic E-state index is 12.5. The van der Waals surface area contributed by atoms with Crippen molar-refractivity contribution in [1.29, 1.82) is 0 Å². The lowest BCUT2D eigenvalue weighted by Gasteiger charge is -2.29. The fourth-order valence-corrected chi connectivity index (χ4v) is 3.97. The summed E-state index contributed by atoms with van der Waals surface area (Å²) in [6.07, 6.45) is 0.657. The van der Waals surface area contributed by atoms with Crippen molar-refractivity contribution in [3.63, 3.8) is 0 Å². The minimum Gasteiger partial charge on any atom is -0.481 e. The first kappa shape index (κ1) is 17.4. The third-order valence-corrected chi connectivity index (χ3v) is 5.82. The molecule has 2 rings (SSSR count). The topological polar surface area (TPSA) is 104 Å². The number of rotatable bonds is 5. The Morgan fingerprint density at radius 3 is 2.26 bits per heavy atom. The zero-order valence-electron chi connectivity index (χ0n) is 12.9. The maximum Gasteiger partial charge on any atom is 0.306 e. The van der Waals surface area contributed by atoms with Crippen molar-refractivity contribution >= 4 is 21.9 Å². The number of carbonyl (C=O) groups is 2. The standard InChI is InChI=1S/C15H20N2O5S/c1-11(18)16-10-12-2-4-14(5-3-12)23(21,22)17-8-6-13(7-9-17)15(19)20/h2-5,13H,6-10H2,1H3,(H,16,18)(H,19,20). The Morgan fingerprint density at radius 1 is 1.22 bits per heavy atom. The first-order valence-corrected chi connectivity index (χ1v) is 8.81. The summed E-state index contributed by atoms with van der Waals surface area (Å²) in [5.41, 5.74) is 0.809. The lowest BCUT2D eigenvalue weighted by atomic mass is 9.99. The molecule has 0 bridgehead atoms. The number of carbonyl (C=O) groups excluding carboxylic acids is 1. The molecule has 0 aromatic heterocycles. The molecule has 1 amide bonds. The fourth-order valence-electron chi connectivity index (χ4n) is 2.50. The van der Waals surface area contributed by atoms with Gasteiger partial charge in [-0.15, -0.1) is 0 Å². The predicted octanol–water partition coefficient (Wildman–Crippen LogP) is 0.808. The van der Waals surface area contributed by atoms with Crippen LogP contribution >= 0.6 is 0 Å². The summed E-state index contributed by atoms with van der Waals surface area (Å²) in [5.74, 6) is -1.49. The van der Waals surface area contributed by atoms with Crippen molar-refractivity contribution in [3.8, 4) is 0 Å². The Balaban J connectivity index is 2.05. The molecule has 0 spiro atoms. The second-order valence-corrected chi connectivity index (χ2v) is 7.51. The Bertz CT molecular complexity index is 676. The summed E-state index contributed by atoms with van der Waals surface area (Å²) in [6, 6.07) is 6.34. The summed E-state index contributed by atoms with van der Waals surface area (Å²) in [7, 11) is -3.61. The minimum absolute atomic E-state index is 0.150. The third kappa shape index (κ3) is 4.29. The molecule has 1 aromatic rings. The average Bonchev–Trinajstić information content (AvgIpc) is 2.53. The highest BCUT2D eigenvalue weighted by atomic mass is 32.2. The number of carboxylic acid groups (broad SMARTS) is 1. The first-order chi connectivity index (χ1) is 10.8. The quantitative estimate of drug-likeness (QED) is 0.825. The van der Waals surface area contributed by atoms with Crippen molar-refractivity contribution in [1.82, 2.24) is 9.62 Å². The smallest absolute Gasteiger partial charge is 0.306 e. The van der Waals surface area contributed by atoms with E-state index in [0.717, 1.165) is 5.56 Å². The van der Waals surface area contributed by atoms with E-state index in [-0.39, 0.29) is 23.9 Å². The summed E-state index contributed by atoms with van der Waals surface area (Å²) < 4.78 is 26.4. The van der Waals surface area contributed by atoms with E-state index in [1.165, 1.54) is 23.4 Å². The van der Waals surface area contributed by atoms with Crippen LogP contribution in [0.2, 0.25) is 0 Å². The van der Waals surface area contributed by atoms with E-state index in [4.69, 9.17) is 5.11 Å². The second-order valence-electron chi connectivity index (χ2n) is 5.57. The molecule has 0 saturated carbocycles. The van der Waals surface area contributed by atoms with Gasteiger partial charge in [-0.05, 0) is 30.5 Å². The monoisotopic (exact) mass is 340 g/mol. The van der Waals surface area contributed by atoms with Gasteiger partial charge in [-0.25, -0.2) is 8.42 Å². The molecule has 1 aliphatic rings. The molecule has 0 atom stereocenters. The van der Waals surface area contributed by atoms with E-state index in [9.17, 15) is 18.0 Å². The number of nitrogens with zero attached hydrogens (tertiary/aromatic N) is 1. The van der Waals surface area contributed by atoms with Crippen LogP contribution < -0.4 is 5.32 Å². The Hall–Kier alpha value is -1.93. The maximum absolute atomic E-state index is 12.5. The zero-order chi connectivity index (χ0) is 17.0. The van der Waals surface area contributed by atoms with Crippen molar-refractivity contribution in [2.24, 2.45) is 5.92 Å². The molecule has 126 valence electrons. The normalized spacial score (nSPS) is 16.9. The van der Waals surface area contributed by atoms with Crippen molar-refractivity contribution in [2.45, 2.75) is 31.2 Å². The number of hydrogen-bond donors (Lipinski definition) is 2. The fraction of sp³-hybridized carbons (Fsp3) is 0.467. The second kappa shape index (κ2) is 7.10. The van der Waals surface area contributed by atoms with Gasteiger partial charge in [0.15, 0.2) is 0 Å². The van der Waals surface area contributed by atoms with E-state index in [0.29, 0.717) is 19.4 Å². The van der Waals surface area contributed by atoms with E-state index < -0.39 is 21.9 Å². The van der Waals surface area contributed by atoms with Crippen LogP contribution in [-0.2, 0) is 26.2 Å². The van der Waals surface area contributed by atoms with Gasteiger partial charge in [0.1, 0.15) is 0 Å². The molecular formula is C15H20N2O5S. The van der Waals surface area contributed by atoms with Crippen LogP contribution in [0.3, 0.4) is 0 Å². The molecule has 0 unspecified atom stereocenters. The summed E-state index contributed by atoms with van der Waals surface area (Å²) in [4.78, 5) is 22.0. The molecule has 1 fully saturated rings. The molecule has 1 saturated heterocycles. The number of hydrogen-bond acceptors (Lipinski definition) is 4. The van der Waals surface area contributed by atoms with Gasteiger partial charge in [0, 0.05) is 26.6 Å². The highest BCUT2D eigenvalue weighted by Crippen LogP contribution is 2.24. The van der Waals surface area contributed by atoms with Crippen LogP contribution in [0.1, 0.15) is 25.3 Å². The van der Waals surface area contributed by atoms with Crippen LogP contribution in [-0.4, -0.2) is 42.8 Å². The zero-order valence-corrected chi connectivity index (χ0v) is 13.7. The summed E-state index contributed by atoms with van der Waals surface area (Å²) >= 11 is 0. The summed E-state index contributed by atoms with van der Waals surface area (Å²) in [5, 5.41) is 11.6. The van der Waals surface area contributed by atoms with Gasteiger partial charge in [0.2, 0.25) is 15.9 Å². The third-order valence-electron chi connectivity index (χ3n) is 3.91.